The van der Waals surface area contributed by atoms with Crippen molar-refractivity contribution in [1.82, 2.24) is 15.1 Å². The minimum Gasteiger partial charge on any atom is -0.479 e. The average Bonchev–Trinajstić information content (AvgIpc) is 3.41. The van der Waals surface area contributed by atoms with Gasteiger partial charge in [0, 0.05) is 12.8 Å². The zero-order chi connectivity index (χ0) is 26.9. The summed E-state index contributed by atoms with van der Waals surface area (Å²) in [5, 5.41) is 22.2. The molecule has 3 amide bonds. The number of thioether (sulfide) groups is 1. The molecule has 10 nitrogen and oxygen atoms in total. The molecule has 0 aromatic heterocycles. The minimum atomic E-state index is -1.83. The number of carboxylic acid groups (broad SMARTS) is 1. The highest BCUT2D eigenvalue weighted by Gasteiger charge is 2.40. The summed E-state index contributed by atoms with van der Waals surface area (Å²) in [5.41, 5.74) is 1.55. The Morgan fingerprint density at radius 2 is 1.68 bits per heavy atom. The monoisotopic (exact) mass is 529 g/mol. The van der Waals surface area contributed by atoms with Crippen molar-refractivity contribution in [3.63, 3.8) is 0 Å². The van der Waals surface area contributed by atoms with Crippen molar-refractivity contribution in [3.05, 3.63) is 71.8 Å². The van der Waals surface area contributed by atoms with E-state index in [-0.39, 0.29) is 18.9 Å². The Labute approximate surface area is 219 Å². The number of amides is 3. The van der Waals surface area contributed by atoms with E-state index in [1.54, 1.807) is 37.3 Å². The Hall–Kier alpha value is -3.57. The first-order chi connectivity index (χ1) is 17.7. The number of carboxylic acids is 1. The van der Waals surface area contributed by atoms with Gasteiger partial charge in [0.25, 0.3) is 0 Å². The van der Waals surface area contributed by atoms with Crippen LogP contribution in [0.1, 0.15) is 18.1 Å². The second-order valence-corrected chi connectivity index (χ2v) is 9.74. The van der Waals surface area contributed by atoms with Gasteiger partial charge in [0.2, 0.25) is 11.8 Å². The predicted molar refractivity (Wildman–Crippen MR) is 138 cm³/mol. The molecule has 0 saturated carbocycles. The Kier molecular flexibility index (Phi) is 9.93. The number of likely N-dealkylation sites (N-methyl/N-ethyl adjacent to an activating group) is 1. The molecule has 4 atom stereocenters. The summed E-state index contributed by atoms with van der Waals surface area (Å²) >= 11 is 1.37. The predicted octanol–water partition coefficient (Wildman–Crippen LogP) is 1.72. The van der Waals surface area contributed by atoms with Crippen LogP contribution in [0.4, 0.5) is 4.79 Å². The first-order valence-electron chi connectivity index (χ1n) is 11.8. The van der Waals surface area contributed by atoms with Crippen molar-refractivity contribution >= 4 is 35.6 Å². The molecule has 2 aromatic carbocycles. The van der Waals surface area contributed by atoms with E-state index in [4.69, 9.17) is 4.74 Å². The molecule has 11 heteroatoms. The number of nitrogens with zero attached hydrogens (tertiary/aromatic N) is 2. The maximum atomic E-state index is 13.2. The average molecular weight is 530 g/mol. The molecule has 1 aliphatic heterocycles. The molecule has 1 heterocycles. The van der Waals surface area contributed by atoms with Crippen molar-refractivity contribution in [2.45, 2.75) is 44.2 Å². The highest BCUT2D eigenvalue weighted by molar-refractivity contribution is 7.99. The van der Waals surface area contributed by atoms with Crippen LogP contribution in [0.25, 0.3) is 0 Å². The molecule has 1 fully saturated rings. The molecule has 0 bridgehead atoms. The van der Waals surface area contributed by atoms with Crippen LogP contribution >= 0.6 is 11.8 Å². The number of hydrogen-bond acceptors (Lipinski definition) is 7. The number of aliphatic hydroxyl groups is 1. The van der Waals surface area contributed by atoms with E-state index >= 15 is 0 Å². The first kappa shape index (κ1) is 28.0. The third-order valence-corrected chi connectivity index (χ3v) is 7.17. The standard InChI is InChI=1S/C26H31N3O7S/c1-17(28(2)26(35)36-14-19-11-7-4-8-12-19)24(32)29-16-37-15-21(29)23(31)27-20(22(30)25(33)34)13-18-9-5-3-6-10-18/h3-12,17,20-22,30H,13-16H2,1-2H3,(H,27,31)(H,33,34)/t17-,20-,21-,22?/m0/s1. The summed E-state index contributed by atoms with van der Waals surface area (Å²) in [7, 11) is 1.45. The highest BCUT2D eigenvalue weighted by atomic mass is 32.2. The van der Waals surface area contributed by atoms with Crippen LogP contribution in [0.3, 0.4) is 0 Å². The van der Waals surface area contributed by atoms with E-state index in [1.165, 1.54) is 28.6 Å². The van der Waals surface area contributed by atoms with Gasteiger partial charge < -0.3 is 25.2 Å². The molecule has 0 aliphatic carbocycles. The van der Waals surface area contributed by atoms with Crippen LogP contribution in [0.2, 0.25) is 0 Å². The van der Waals surface area contributed by atoms with Crippen LogP contribution in [0.15, 0.2) is 60.7 Å². The fraction of sp³-hybridized carbons (Fsp3) is 0.385. The lowest BCUT2D eigenvalue weighted by Crippen LogP contribution is -2.57. The molecule has 1 unspecified atom stereocenters. The van der Waals surface area contributed by atoms with Gasteiger partial charge in [-0.25, -0.2) is 9.59 Å². The lowest BCUT2D eigenvalue weighted by atomic mass is 10.0. The fourth-order valence-corrected chi connectivity index (χ4v) is 4.99. The Bertz CT molecular complexity index is 1090. The zero-order valence-corrected chi connectivity index (χ0v) is 21.5. The van der Waals surface area contributed by atoms with E-state index in [0.29, 0.717) is 5.75 Å². The van der Waals surface area contributed by atoms with Crippen LogP contribution in [0.5, 0.6) is 0 Å². The van der Waals surface area contributed by atoms with Crippen molar-refractivity contribution in [3.8, 4) is 0 Å². The number of hydrogen-bond donors (Lipinski definition) is 3. The topological polar surface area (TPSA) is 136 Å². The van der Waals surface area contributed by atoms with Crippen molar-refractivity contribution in [2.75, 3.05) is 18.7 Å². The summed E-state index contributed by atoms with van der Waals surface area (Å²) in [5.74, 6) is -1.94. The van der Waals surface area contributed by atoms with E-state index in [0.717, 1.165) is 11.1 Å². The van der Waals surface area contributed by atoms with Crippen LogP contribution in [-0.4, -0.2) is 86.8 Å². The van der Waals surface area contributed by atoms with Gasteiger partial charge in [0.1, 0.15) is 18.7 Å². The summed E-state index contributed by atoms with van der Waals surface area (Å²) in [4.78, 5) is 52.9. The zero-order valence-electron chi connectivity index (χ0n) is 20.6. The number of benzene rings is 2. The van der Waals surface area contributed by atoms with Gasteiger partial charge >= 0.3 is 12.1 Å². The third-order valence-electron chi connectivity index (χ3n) is 6.16. The normalized spacial score (nSPS) is 17.4. The summed E-state index contributed by atoms with van der Waals surface area (Å²) in [6, 6.07) is 15.2. The molecule has 0 radical (unpaired) electrons. The van der Waals surface area contributed by atoms with E-state index in [2.05, 4.69) is 5.32 Å². The van der Waals surface area contributed by atoms with Gasteiger partial charge in [-0.05, 0) is 24.5 Å². The molecular weight excluding hydrogens is 498 g/mol. The molecule has 2 aromatic rings. The van der Waals surface area contributed by atoms with Crippen molar-refractivity contribution in [2.24, 2.45) is 0 Å². The quantitative estimate of drug-likeness (QED) is 0.423. The summed E-state index contributed by atoms with van der Waals surface area (Å²) < 4.78 is 5.30. The second kappa shape index (κ2) is 13.1. The fourth-order valence-electron chi connectivity index (χ4n) is 3.82. The lowest BCUT2D eigenvalue weighted by molar-refractivity contribution is -0.149. The van der Waals surface area contributed by atoms with Gasteiger partial charge in [-0.3, -0.25) is 14.5 Å². The molecule has 1 aliphatic rings. The largest absolute Gasteiger partial charge is 0.479 e. The number of ether oxygens (including phenoxy) is 1. The maximum Gasteiger partial charge on any atom is 0.410 e. The van der Waals surface area contributed by atoms with E-state index < -0.39 is 48.1 Å². The van der Waals surface area contributed by atoms with Crippen LogP contribution in [0, 0.1) is 0 Å². The summed E-state index contributed by atoms with van der Waals surface area (Å²) in [6.45, 7) is 1.61. The molecule has 37 heavy (non-hydrogen) atoms. The number of aliphatic hydroxyl groups excluding tert-OH is 1. The number of rotatable bonds is 10. The summed E-state index contributed by atoms with van der Waals surface area (Å²) in [6.07, 6.45) is -2.41. The molecule has 1 saturated heterocycles. The molecule has 3 rings (SSSR count). The van der Waals surface area contributed by atoms with Gasteiger partial charge in [-0.15, -0.1) is 11.8 Å². The van der Waals surface area contributed by atoms with Crippen molar-refractivity contribution in [1.29, 1.82) is 0 Å². The minimum absolute atomic E-state index is 0.0597. The van der Waals surface area contributed by atoms with Gasteiger partial charge in [-0.1, -0.05) is 60.7 Å². The third kappa shape index (κ3) is 7.46. The van der Waals surface area contributed by atoms with Crippen LogP contribution < -0.4 is 5.32 Å². The number of nitrogens with one attached hydrogen (secondary N) is 1. The molecule has 0 spiro atoms. The second-order valence-electron chi connectivity index (χ2n) is 8.74. The Balaban J connectivity index is 1.63. The van der Waals surface area contributed by atoms with E-state index in [1.807, 2.05) is 30.3 Å². The Morgan fingerprint density at radius 3 is 2.27 bits per heavy atom. The number of carbonyl (C=O) groups is 4. The van der Waals surface area contributed by atoms with Crippen LogP contribution in [-0.2, 0) is 32.1 Å². The van der Waals surface area contributed by atoms with E-state index in [9.17, 15) is 29.4 Å². The van der Waals surface area contributed by atoms with Gasteiger partial charge in [-0.2, -0.15) is 0 Å². The molecule has 3 N–H and O–H groups in total. The SMILES string of the molecule is C[C@@H](C(=O)N1CSC[C@H]1C(=O)N[C@@H](Cc1ccccc1)C(O)C(=O)O)N(C)C(=O)OCc1ccccc1. The Morgan fingerprint density at radius 1 is 1.08 bits per heavy atom. The number of carbonyl (C=O) groups excluding carboxylic acids is 3. The smallest absolute Gasteiger partial charge is 0.410 e. The first-order valence-corrected chi connectivity index (χ1v) is 12.9. The van der Waals surface area contributed by atoms with Gasteiger partial charge in [0.05, 0.1) is 11.9 Å². The lowest BCUT2D eigenvalue weighted by Gasteiger charge is -2.31. The maximum absolute atomic E-state index is 13.2. The van der Waals surface area contributed by atoms with Crippen molar-refractivity contribution < 1.29 is 34.1 Å². The van der Waals surface area contributed by atoms with Gasteiger partial charge in [0.15, 0.2) is 6.10 Å². The molecular formula is C26H31N3O7S. The highest BCUT2D eigenvalue weighted by Crippen LogP contribution is 2.23. The molecule has 198 valence electrons. The number of aliphatic carboxylic acids is 1.